The van der Waals surface area contributed by atoms with E-state index < -0.39 is 29.6 Å². The van der Waals surface area contributed by atoms with Gasteiger partial charge in [0.2, 0.25) is 0 Å². The molecule has 3 atom stereocenters. The molecular weight excluding hydrogens is 426 g/mol. The summed E-state index contributed by atoms with van der Waals surface area (Å²) in [5.41, 5.74) is 0.235. The van der Waals surface area contributed by atoms with Crippen molar-refractivity contribution in [3.63, 3.8) is 0 Å². The highest BCUT2D eigenvalue weighted by Gasteiger charge is 2.45. The molecule has 0 spiro atoms. The summed E-state index contributed by atoms with van der Waals surface area (Å²) in [4.78, 5) is 31.1. The molecule has 1 aliphatic rings. The second kappa shape index (κ2) is 8.64. The first kappa shape index (κ1) is 22.4. The van der Waals surface area contributed by atoms with Gasteiger partial charge in [0.25, 0.3) is 11.8 Å². The molecule has 2 aromatic heterocycles. The molecule has 0 saturated carbocycles. The summed E-state index contributed by atoms with van der Waals surface area (Å²) in [5, 5.41) is 38.3. The summed E-state index contributed by atoms with van der Waals surface area (Å²) < 4.78 is 1.50. The summed E-state index contributed by atoms with van der Waals surface area (Å²) in [7, 11) is 0. The summed E-state index contributed by atoms with van der Waals surface area (Å²) in [6.07, 6.45) is 2.93. The van der Waals surface area contributed by atoms with Crippen molar-refractivity contribution in [3.05, 3.63) is 71.8 Å². The standard InChI is InChI=1S/C23H25N5O5/c1-14(15-6-7-18(19(29)11-15)28-10-4-9-25-28)26-22(32)23(2,33)20(30)21(31)27-12-16-5-3-8-24-17(16)13-27/h3-11,14,20,29-30,33H,12-13H2,1-2H3,(H,26,32)/t14-,20+,23-/m1/s1. The van der Waals surface area contributed by atoms with E-state index in [1.807, 2.05) is 6.07 Å². The molecule has 1 aliphatic heterocycles. The SMILES string of the molecule is C[C@@H](NC(=O)[C@](C)(O)[C@@H](O)C(=O)N1Cc2cccnc2C1)c1ccc(-n2cccn2)c(O)c1. The van der Waals surface area contributed by atoms with Crippen molar-refractivity contribution in [2.24, 2.45) is 0 Å². The molecular formula is C23H25N5O5. The largest absolute Gasteiger partial charge is 0.506 e. The zero-order valence-corrected chi connectivity index (χ0v) is 18.2. The first-order valence-corrected chi connectivity index (χ1v) is 10.4. The van der Waals surface area contributed by atoms with E-state index in [1.165, 1.54) is 15.6 Å². The van der Waals surface area contributed by atoms with Gasteiger partial charge in [-0.2, -0.15) is 5.10 Å². The number of aromatic nitrogens is 3. The first-order valence-electron chi connectivity index (χ1n) is 10.4. The van der Waals surface area contributed by atoms with Crippen LogP contribution >= 0.6 is 0 Å². The van der Waals surface area contributed by atoms with Crippen LogP contribution in [-0.2, 0) is 22.7 Å². The number of benzene rings is 1. The van der Waals surface area contributed by atoms with Crippen molar-refractivity contribution < 1.29 is 24.9 Å². The maximum absolute atomic E-state index is 12.8. The molecule has 1 aromatic carbocycles. The van der Waals surface area contributed by atoms with Gasteiger partial charge in [0.15, 0.2) is 11.7 Å². The van der Waals surface area contributed by atoms with Crippen molar-refractivity contribution >= 4 is 11.8 Å². The molecule has 10 nitrogen and oxygen atoms in total. The topological polar surface area (TPSA) is 141 Å². The third-order valence-electron chi connectivity index (χ3n) is 5.82. The highest BCUT2D eigenvalue weighted by atomic mass is 16.4. The predicted molar refractivity (Wildman–Crippen MR) is 117 cm³/mol. The lowest BCUT2D eigenvalue weighted by Gasteiger charge is -2.31. The normalized spacial score (nSPS) is 16.5. The number of carbonyl (C=O) groups is 2. The minimum atomic E-state index is -2.37. The third-order valence-corrected chi connectivity index (χ3v) is 5.82. The van der Waals surface area contributed by atoms with Crippen molar-refractivity contribution in [1.82, 2.24) is 25.0 Å². The number of hydrogen-bond acceptors (Lipinski definition) is 7. The van der Waals surface area contributed by atoms with Gasteiger partial charge in [0.1, 0.15) is 11.4 Å². The number of amides is 2. The molecule has 0 unspecified atom stereocenters. The summed E-state index contributed by atoms with van der Waals surface area (Å²) in [6.45, 7) is 3.20. The number of rotatable bonds is 6. The van der Waals surface area contributed by atoms with Crippen molar-refractivity contribution in [2.75, 3.05) is 0 Å². The summed E-state index contributed by atoms with van der Waals surface area (Å²) in [6, 6.07) is 9.52. The van der Waals surface area contributed by atoms with Crippen LogP contribution in [0.5, 0.6) is 5.75 Å². The Morgan fingerprint density at radius 2 is 1.97 bits per heavy atom. The average Bonchev–Trinajstić information content (AvgIpc) is 3.47. The van der Waals surface area contributed by atoms with Gasteiger partial charge in [-0.25, -0.2) is 4.68 Å². The molecule has 2 amide bonds. The lowest BCUT2D eigenvalue weighted by molar-refractivity contribution is -0.166. The van der Waals surface area contributed by atoms with Crippen LogP contribution in [0.15, 0.2) is 55.0 Å². The van der Waals surface area contributed by atoms with E-state index in [9.17, 15) is 24.9 Å². The van der Waals surface area contributed by atoms with Gasteiger partial charge in [0, 0.05) is 25.1 Å². The van der Waals surface area contributed by atoms with Crippen LogP contribution in [0.1, 0.15) is 36.7 Å². The van der Waals surface area contributed by atoms with Crippen molar-refractivity contribution in [3.8, 4) is 11.4 Å². The Balaban J connectivity index is 1.42. The van der Waals surface area contributed by atoms with Gasteiger partial charge in [-0.1, -0.05) is 12.1 Å². The number of fused-ring (bicyclic) bond motifs is 1. The predicted octanol–water partition coefficient (Wildman–Crippen LogP) is 0.804. The van der Waals surface area contributed by atoms with Crippen LogP contribution in [0, 0.1) is 0 Å². The summed E-state index contributed by atoms with van der Waals surface area (Å²) in [5.74, 6) is -1.72. The maximum atomic E-state index is 12.8. The summed E-state index contributed by atoms with van der Waals surface area (Å²) >= 11 is 0. The molecule has 4 rings (SSSR count). The Kier molecular flexibility index (Phi) is 5.88. The van der Waals surface area contributed by atoms with Gasteiger partial charge in [-0.15, -0.1) is 0 Å². The van der Waals surface area contributed by atoms with Crippen LogP contribution in [0.3, 0.4) is 0 Å². The van der Waals surface area contributed by atoms with Crippen molar-refractivity contribution in [2.45, 2.75) is 44.7 Å². The van der Waals surface area contributed by atoms with E-state index in [2.05, 4.69) is 15.4 Å². The Bertz CT molecular complexity index is 1150. The van der Waals surface area contributed by atoms with E-state index in [0.717, 1.165) is 12.5 Å². The fourth-order valence-electron chi connectivity index (χ4n) is 3.73. The molecule has 10 heteroatoms. The second-order valence-corrected chi connectivity index (χ2v) is 8.25. The second-order valence-electron chi connectivity index (χ2n) is 8.25. The number of aromatic hydroxyl groups is 1. The number of hydrogen-bond donors (Lipinski definition) is 4. The molecule has 3 aromatic rings. The van der Waals surface area contributed by atoms with Crippen LogP contribution in [0.2, 0.25) is 0 Å². The fourth-order valence-corrected chi connectivity index (χ4v) is 3.73. The van der Waals surface area contributed by atoms with E-state index in [1.54, 1.807) is 49.8 Å². The van der Waals surface area contributed by atoms with Gasteiger partial charge in [-0.3, -0.25) is 14.6 Å². The molecule has 3 heterocycles. The molecule has 0 fully saturated rings. The molecule has 172 valence electrons. The smallest absolute Gasteiger partial charge is 0.255 e. The van der Waals surface area contributed by atoms with Crippen LogP contribution in [0.25, 0.3) is 5.69 Å². The number of aliphatic hydroxyl groups excluding tert-OH is 1. The molecule has 0 aliphatic carbocycles. The first-order chi connectivity index (χ1) is 15.7. The van der Waals surface area contributed by atoms with Gasteiger partial charge >= 0.3 is 0 Å². The number of phenolic OH excluding ortho intramolecular Hbond substituents is 1. The zero-order valence-electron chi connectivity index (χ0n) is 18.2. The van der Waals surface area contributed by atoms with E-state index in [0.29, 0.717) is 16.9 Å². The number of nitrogens with one attached hydrogen (secondary N) is 1. The van der Waals surface area contributed by atoms with Gasteiger partial charge in [0.05, 0.1) is 18.3 Å². The van der Waals surface area contributed by atoms with E-state index in [4.69, 9.17) is 0 Å². The van der Waals surface area contributed by atoms with E-state index in [-0.39, 0.29) is 18.8 Å². The monoisotopic (exact) mass is 451 g/mol. The maximum Gasteiger partial charge on any atom is 0.255 e. The number of aliphatic hydroxyl groups is 2. The average molecular weight is 451 g/mol. The number of carbonyl (C=O) groups excluding carboxylic acids is 2. The Hall–Kier alpha value is -3.76. The van der Waals surface area contributed by atoms with Gasteiger partial charge in [-0.05, 0) is 49.2 Å². The Morgan fingerprint density at radius 1 is 1.18 bits per heavy atom. The molecule has 0 bridgehead atoms. The molecule has 33 heavy (non-hydrogen) atoms. The molecule has 0 radical (unpaired) electrons. The minimum Gasteiger partial charge on any atom is -0.506 e. The van der Waals surface area contributed by atoms with Crippen LogP contribution < -0.4 is 5.32 Å². The van der Waals surface area contributed by atoms with E-state index >= 15 is 0 Å². The third kappa shape index (κ3) is 4.30. The van der Waals surface area contributed by atoms with Crippen molar-refractivity contribution in [1.29, 1.82) is 0 Å². The Labute approximate surface area is 190 Å². The minimum absolute atomic E-state index is 0.0403. The van der Waals surface area contributed by atoms with Crippen LogP contribution in [0.4, 0.5) is 0 Å². The number of phenols is 1. The highest BCUT2D eigenvalue weighted by Crippen LogP contribution is 2.27. The zero-order chi connectivity index (χ0) is 23.8. The number of pyridine rings is 1. The highest BCUT2D eigenvalue weighted by molar-refractivity contribution is 5.94. The lowest BCUT2D eigenvalue weighted by atomic mass is 9.95. The lowest BCUT2D eigenvalue weighted by Crippen LogP contribution is -2.58. The quantitative estimate of drug-likeness (QED) is 0.435. The Morgan fingerprint density at radius 3 is 2.64 bits per heavy atom. The van der Waals surface area contributed by atoms with Gasteiger partial charge < -0.3 is 25.5 Å². The van der Waals surface area contributed by atoms with Crippen LogP contribution in [-0.4, -0.2) is 58.5 Å². The molecule has 4 N–H and O–H groups in total. The molecule has 0 saturated heterocycles. The number of nitrogens with zero attached hydrogens (tertiary/aromatic N) is 4. The fraction of sp³-hybridized carbons (Fsp3) is 0.304.